The Morgan fingerprint density at radius 3 is 2.83 bits per heavy atom. The number of thiophene rings is 1. The Hall–Kier alpha value is -0.850. The summed E-state index contributed by atoms with van der Waals surface area (Å²) in [5.41, 5.74) is 0.794. The molecule has 1 aromatic rings. The predicted molar refractivity (Wildman–Crippen MR) is 76.5 cm³/mol. The molecule has 3 heteroatoms. The lowest BCUT2D eigenvalue weighted by Gasteiger charge is -2.30. The topological polar surface area (TPSA) is 35.8 Å². The van der Waals surface area contributed by atoms with Crippen LogP contribution in [0.3, 0.4) is 0 Å². The molecule has 1 N–H and O–H groups in total. The fourth-order valence-corrected chi connectivity index (χ4v) is 3.71. The lowest BCUT2D eigenvalue weighted by atomic mass is 9.83. The van der Waals surface area contributed by atoms with Crippen LogP contribution >= 0.6 is 11.3 Å². The highest BCUT2D eigenvalue weighted by Gasteiger charge is 2.21. The quantitative estimate of drug-likeness (QED) is 0.868. The van der Waals surface area contributed by atoms with Gasteiger partial charge in [-0.25, -0.2) is 0 Å². The Kier molecular flexibility index (Phi) is 5.22. The summed E-state index contributed by atoms with van der Waals surface area (Å²) in [4.78, 5) is 1.28. The minimum absolute atomic E-state index is 0.651. The minimum atomic E-state index is 0.651. The van der Waals surface area contributed by atoms with Crippen molar-refractivity contribution in [3.63, 3.8) is 0 Å². The average molecular weight is 262 g/mol. The zero-order chi connectivity index (χ0) is 12.8. The average Bonchev–Trinajstić information content (AvgIpc) is 2.89. The van der Waals surface area contributed by atoms with E-state index >= 15 is 0 Å². The van der Waals surface area contributed by atoms with Gasteiger partial charge in [0.05, 0.1) is 5.56 Å². The van der Waals surface area contributed by atoms with E-state index in [0.717, 1.165) is 18.0 Å². The standard InChI is InChI=1S/C15H22N2S/c1-2-15(13-6-4-3-5-7-13)17-10-14-8-12(9-16)11-18-14/h8,11,13,15,17H,2-7,10H2,1H3. The van der Waals surface area contributed by atoms with Gasteiger partial charge in [-0.2, -0.15) is 5.26 Å². The van der Waals surface area contributed by atoms with Gasteiger partial charge in [0, 0.05) is 22.8 Å². The van der Waals surface area contributed by atoms with E-state index in [2.05, 4.69) is 18.3 Å². The van der Waals surface area contributed by atoms with E-state index in [9.17, 15) is 0 Å². The summed E-state index contributed by atoms with van der Waals surface area (Å²) < 4.78 is 0. The van der Waals surface area contributed by atoms with Crippen LogP contribution in [0.25, 0.3) is 0 Å². The monoisotopic (exact) mass is 262 g/mol. The van der Waals surface area contributed by atoms with E-state index in [1.807, 2.05) is 11.4 Å². The number of hydrogen-bond acceptors (Lipinski definition) is 3. The molecule has 2 nitrogen and oxygen atoms in total. The largest absolute Gasteiger partial charge is 0.309 e. The van der Waals surface area contributed by atoms with Crippen LogP contribution < -0.4 is 5.32 Å². The number of nitrogens with zero attached hydrogens (tertiary/aromatic N) is 1. The Labute approximate surface area is 114 Å². The molecule has 2 rings (SSSR count). The highest BCUT2D eigenvalue weighted by atomic mass is 32.1. The van der Waals surface area contributed by atoms with E-state index in [4.69, 9.17) is 5.26 Å². The van der Waals surface area contributed by atoms with Gasteiger partial charge in [0.2, 0.25) is 0 Å². The van der Waals surface area contributed by atoms with Gasteiger partial charge in [0.1, 0.15) is 6.07 Å². The fraction of sp³-hybridized carbons (Fsp3) is 0.667. The lowest BCUT2D eigenvalue weighted by molar-refractivity contribution is 0.262. The molecule has 1 unspecified atom stereocenters. The van der Waals surface area contributed by atoms with Crippen LogP contribution in [0.4, 0.5) is 0 Å². The summed E-state index contributed by atoms with van der Waals surface area (Å²) in [5.74, 6) is 0.860. The van der Waals surface area contributed by atoms with Gasteiger partial charge in [-0.15, -0.1) is 11.3 Å². The Bertz CT molecular complexity index is 399. The third kappa shape index (κ3) is 3.57. The van der Waals surface area contributed by atoms with Crippen LogP contribution in [0.15, 0.2) is 11.4 Å². The van der Waals surface area contributed by atoms with Crippen molar-refractivity contribution in [3.05, 3.63) is 21.9 Å². The molecule has 0 amide bonds. The van der Waals surface area contributed by atoms with Crippen LogP contribution in [0.5, 0.6) is 0 Å². The second-order valence-electron chi connectivity index (χ2n) is 5.21. The molecule has 1 aliphatic rings. The lowest BCUT2D eigenvalue weighted by Crippen LogP contribution is -2.36. The third-order valence-corrected chi connectivity index (χ3v) is 4.92. The van der Waals surface area contributed by atoms with Gasteiger partial charge in [-0.1, -0.05) is 26.2 Å². The Morgan fingerprint density at radius 1 is 1.44 bits per heavy atom. The smallest absolute Gasteiger partial charge is 0.100 e. The van der Waals surface area contributed by atoms with E-state index in [-0.39, 0.29) is 0 Å². The molecule has 1 aliphatic carbocycles. The molecule has 0 bridgehead atoms. The van der Waals surface area contributed by atoms with Crippen molar-refractivity contribution in [1.29, 1.82) is 5.26 Å². The van der Waals surface area contributed by atoms with Gasteiger partial charge >= 0.3 is 0 Å². The molecule has 0 aromatic carbocycles. The van der Waals surface area contributed by atoms with E-state index in [0.29, 0.717) is 6.04 Å². The molecule has 98 valence electrons. The summed E-state index contributed by atoms with van der Waals surface area (Å²) >= 11 is 1.69. The Balaban J connectivity index is 1.84. The third-order valence-electron chi connectivity index (χ3n) is 3.98. The van der Waals surface area contributed by atoms with Gasteiger partial charge < -0.3 is 5.32 Å². The molecule has 0 radical (unpaired) electrons. The number of nitriles is 1. The molecule has 1 fully saturated rings. The van der Waals surface area contributed by atoms with Gasteiger partial charge in [-0.3, -0.25) is 0 Å². The SMILES string of the molecule is CCC(NCc1cc(C#N)cs1)C1CCCCC1. The summed E-state index contributed by atoms with van der Waals surface area (Å²) in [5, 5.41) is 14.5. The molecule has 0 aliphatic heterocycles. The summed E-state index contributed by atoms with van der Waals surface area (Å²) in [6.07, 6.45) is 8.21. The summed E-state index contributed by atoms with van der Waals surface area (Å²) in [6.45, 7) is 3.20. The summed E-state index contributed by atoms with van der Waals surface area (Å²) in [6, 6.07) is 4.85. The van der Waals surface area contributed by atoms with E-state index in [1.54, 1.807) is 11.3 Å². The minimum Gasteiger partial charge on any atom is -0.309 e. The van der Waals surface area contributed by atoms with E-state index < -0.39 is 0 Å². The first kappa shape index (κ1) is 13.6. The zero-order valence-corrected chi connectivity index (χ0v) is 11.9. The number of hydrogen-bond donors (Lipinski definition) is 1. The molecule has 1 heterocycles. The molecule has 1 atom stereocenters. The van der Waals surface area contributed by atoms with Crippen molar-refractivity contribution in [1.82, 2.24) is 5.32 Å². The molecule has 0 saturated heterocycles. The van der Waals surface area contributed by atoms with Crippen LogP contribution in [0.1, 0.15) is 55.9 Å². The first-order chi connectivity index (χ1) is 8.83. The van der Waals surface area contributed by atoms with Gasteiger partial charge in [-0.05, 0) is 31.2 Å². The molecular weight excluding hydrogens is 240 g/mol. The Morgan fingerprint density at radius 2 is 2.22 bits per heavy atom. The van der Waals surface area contributed by atoms with Gasteiger partial charge in [0.25, 0.3) is 0 Å². The first-order valence-electron chi connectivity index (χ1n) is 7.04. The zero-order valence-electron chi connectivity index (χ0n) is 11.1. The number of nitrogens with one attached hydrogen (secondary N) is 1. The van der Waals surface area contributed by atoms with Crippen molar-refractivity contribution in [2.75, 3.05) is 0 Å². The second kappa shape index (κ2) is 6.92. The van der Waals surface area contributed by atoms with Crippen molar-refractivity contribution in [2.24, 2.45) is 5.92 Å². The molecular formula is C15H22N2S. The predicted octanol–water partition coefficient (Wildman–Crippen LogP) is 4.07. The highest BCUT2D eigenvalue weighted by Crippen LogP contribution is 2.28. The maximum atomic E-state index is 8.81. The second-order valence-corrected chi connectivity index (χ2v) is 6.20. The fourth-order valence-electron chi connectivity index (χ4n) is 2.94. The normalized spacial score (nSPS) is 18.4. The van der Waals surface area contributed by atoms with E-state index in [1.165, 1.54) is 43.4 Å². The summed E-state index contributed by atoms with van der Waals surface area (Å²) in [7, 11) is 0. The van der Waals surface area contributed by atoms with Gasteiger partial charge in [0.15, 0.2) is 0 Å². The van der Waals surface area contributed by atoms with Crippen molar-refractivity contribution in [3.8, 4) is 6.07 Å². The number of rotatable bonds is 5. The molecule has 0 spiro atoms. The van der Waals surface area contributed by atoms with Crippen LogP contribution in [-0.4, -0.2) is 6.04 Å². The maximum absolute atomic E-state index is 8.81. The molecule has 18 heavy (non-hydrogen) atoms. The van der Waals surface area contributed by atoms with Crippen LogP contribution in [-0.2, 0) is 6.54 Å². The van der Waals surface area contributed by atoms with Crippen LogP contribution in [0, 0.1) is 17.2 Å². The van der Waals surface area contributed by atoms with Crippen LogP contribution in [0.2, 0.25) is 0 Å². The first-order valence-corrected chi connectivity index (χ1v) is 7.92. The highest BCUT2D eigenvalue weighted by molar-refractivity contribution is 7.10. The van der Waals surface area contributed by atoms with Crippen molar-refractivity contribution < 1.29 is 0 Å². The maximum Gasteiger partial charge on any atom is 0.100 e. The molecule has 1 saturated carbocycles. The molecule has 1 aromatic heterocycles. The van der Waals surface area contributed by atoms with Crippen molar-refractivity contribution >= 4 is 11.3 Å². The van der Waals surface area contributed by atoms with Crippen molar-refractivity contribution in [2.45, 2.75) is 58.0 Å².